The van der Waals surface area contributed by atoms with Crippen LogP contribution in [0.4, 0.5) is 13.2 Å². The maximum atomic E-state index is 13.1. The lowest BCUT2D eigenvalue weighted by Crippen LogP contribution is -2.41. The summed E-state index contributed by atoms with van der Waals surface area (Å²) in [6.07, 6.45) is 0.362. The summed E-state index contributed by atoms with van der Waals surface area (Å²) >= 11 is 0. The first-order chi connectivity index (χ1) is 15.0. The summed E-state index contributed by atoms with van der Waals surface area (Å²) in [6.45, 7) is 5.98. The van der Waals surface area contributed by atoms with E-state index in [1.54, 1.807) is 13.4 Å². The monoisotopic (exact) mass is 449 g/mol. The average molecular weight is 450 g/mol. The molecule has 1 fully saturated rings. The number of hydrogen-bond acceptors (Lipinski definition) is 3. The molecule has 1 aromatic carbocycles. The predicted molar refractivity (Wildman–Crippen MR) is 115 cm³/mol. The van der Waals surface area contributed by atoms with Crippen LogP contribution in [0.25, 0.3) is 0 Å². The number of alkyl halides is 3. The fourth-order valence-electron chi connectivity index (χ4n) is 4.46. The molecule has 1 aliphatic carbocycles. The van der Waals surface area contributed by atoms with E-state index in [9.17, 15) is 22.8 Å². The number of amides is 1. The molecule has 1 amide bonds. The summed E-state index contributed by atoms with van der Waals surface area (Å²) < 4.78 is 41.1. The predicted octanol–water partition coefficient (Wildman–Crippen LogP) is 5.23. The lowest BCUT2D eigenvalue weighted by atomic mass is 9.81. The van der Waals surface area contributed by atoms with E-state index in [4.69, 9.17) is 0 Å². The van der Waals surface area contributed by atoms with Crippen LogP contribution in [0.5, 0.6) is 0 Å². The average Bonchev–Trinajstić information content (AvgIpc) is 3.12. The van der Waals surface area contributed by atoms with E-state index < -0.39 is 17.6 Å². The van der Waals surface area contributed by atoms with Crippen molar-refractivity contribution in [3.8, 4) is 0 Å². The Kier molecular flexibility index (Phi) is 7.10. The van der Waals surface area contributed by atoms with Crippen LogP contribution in [0.15, 0.2) is 30.6 Å². The number of aryl methyl sites for hydroxylation is 1. The zero-order valence-corrected chi connectivity index (χ0v) is 18.9. The molecule has 0 saturated heterocycles. The molecule has 8 heteroatoms. The molecular weight excluding hydrogens is 419 g/mol. The lowest BCUT2D eigenvalue weighted by molar-refractivity contribution is -0.137. The van der Waals surface area contributed by atoms with Crippen LogP contribution in [0.2, 0.25) is 0 Å². The molecule has 2 atom stereocenters. The van der Waals surface area contributed by atoms with Crippen LogP contribution in [0.3, 0.4) is 0 Å². The molecular formula is C24H30F3N3O2. The minimum atomic E-state index is -4.50. The van der Waals surface area contributed by atoms with Crippen LogP contribution in [-0.4, -0.2) is 39.2 Å². The maximum absolute atomic E-state index is 13.1. The molecule has 0 aliphatic heterocycles. The van der Waals surface area contributed by atoms with E-state index in [1.165, 1.54) is 17.0 Å². The summed E-state index contributed by atoms with van der Waals surface area (Å²) in [5.41, 5.74) is 0.926. The SMILES string of the molecule is Cc1ncn(C(C)C)c1CC(=O)[C@H]1CCC[C@@H](N(C)C(=O)c2cccc(C(F)(F)F)c2)C1. The van der Waals surface area contributed by atoms with Crippen molar-refractivity contribution in [1.29, 1.82) is 0 Å². The van der Waals surface area contributed by atoms with Gasteiger partial charge in [0.2, 0.25) is 0 Å². The van der Waals surface area contributed by atoms with Crippen LogP contribution >= 0.6 is 0 Å². The number of ketones is 1. The zero-order valence-electron chi connectivity index (χ0n) is 18.9. The lowest BCUT2D eigenvalue weighted by Gasteiger charge is -2.35. The van der Waals surface area contributed by atoms with E-state index in [0.29, 0.717) is 12.8 Å². The Balaban J connectivity index is 1.70. The molecule has 1 aromatic heterocycles. The number of imidazole rings is 1. The second-order valence-electron chi connectivity index (χ2n) is 8.93. The van der Waals surface area contributed by atoms with E-state index in [1.807, 2.05) is 25.3 Å². The first kappa shape index (κ1) is 24.0. The second kappa shape index (κ2) is 9.46. The summed E-state index contributed by atoms with van der Waals surface area (Å²) in [4.78, 5) is 31.8. The molecule has 5 nitrogen and oxygen atoms in total. The normalized spacial score (nSPS) is 19.2. The maximum Gasteiger partial charge on any atom is 0.416 e. The van der Waals surface area contributed by atoms with Gasteiger partial charge in [-0.25, -0.2) is 4.98 Å². The van der Waals surface area contributed by atoms with E-state index in [2.05, 4.69) is 4.98 Å². The van der Waals surface area contributed by atoms with Crippen molar-refractivity contribution in [2.75, 3.05) is 7.05 Å². The van der Waals surface area contributed by atoms with E-state index >= 15 is 0 Å². The Morgan fingerprint density at radius 2 is 1.97 bits per heavy atom. The van der Waals surface area contributed by atoms with Crippen LogP contribution < -0.4 is 0 Å². The quantitative estimate of drug-likeness (QED) is 0.607. The highest BCUT2D eigenvalue weighted by Gasteiger charge is 2.34. The number of halogens is 3. The van der Waals surface area contributed by atoms with Gasteiger partial charge in [0.05, 0.1) is 17.6 Å². The minimum absolute atomic E-state index is 0.00670. The molecule has 0 radical (unpaired) electrons. The fourth-order valence-corrected chi connectivity index (χ4v) is 4.46. The number of rotatable bonds is 6. The van der Waals surface area contributed by atoms with Crippen LogP contribution in [-0.2, 0) is 17.4 Å². The van der Waals surface area contributed by atoms with Crippen molar-refractivity contribution in [3.63, 3.8) is 0 Å². The third-order valence-electron chi connectivity index (χ3n) is 6.41. The third kappa shape index (κ3) is 5.22. The Hall–Kier alpha value is -2.64. The van der Waals surface area contributed by atoms with Crippen molar-refractivity contribution in [3.05, 3.63) is 53.1 Å². The largest absolute Gasteiger partial charge is 0.416 e. The summed E-state index contributed by atoms with van der Waals surface area (Å²) in [6, 6.07) is 4.51. The van der Waals surface area contributed by atoms with Gasteiger partial charge < -0.3 is 9.47 Å². The Bertz CT molecular complexity index is 981. The first-order valence-corrected chi connectivity index (χ1v) is 11.0. The van der Waals surface area contributed by atoms with Gasteiger partial charge in [-0.3, -0.25) is 9.59 Å². The number of carbonyl (C=O) groups is 2. The molecule has 0 unspecified atom stereocenters. The standard InChI is InChI=1S/C24H30F3N3O2/c1-15(2)30-14-28-16(3)21(30)13-22(31)17-7-6-10-20(12-17)29(4)23(32)18-8-5-9-19(11-18)24(25,26)27/h5,8-9,11,14-15,17,20H,6-7,10,12-13H2,1-4H3/t17-,20+/m0/s1. The topological polar surface area (TPSA) is 55.2 Å². The molecule has 1 saturated carbocycles. The molecule has 32 heavy (non-hydrogen) atoms. The number of carbonyl (C=O) groups excluding carboxylic acids is 2. The highest BCUT2D eigenvalue weighted by atomic mass is 19.4. The summed E-state index contributed by atoms with van der Waals surface area (Å²) in [5, 5.41) is 0. The smallest absolute Gasteiger partial charge is 0.339 e. The van der Waals surface area contributed by atoms with Gasteiger partial charge >= 0.3 is 6.18 Å². The molecule has 0 N–H and O–H groups in total. The Labute approximate surface area is 186 Å². The van der Waals surface area contributed by atoms with Gasteiger partial charge in [0.25, 0.3) is 5.91 Å². The van der Waals surface area contributed by atoms with Crippen molar-refractivity contribution in [2.45, 2.75) is 71.1 Å². The van der Waals surface area contributed by atoms with Gasteiger partial charge in [0.1, 0.15) is 5.78 Å². The van der Waals surface area contributed by atoms with Crippen LogP contribution in [0, 0.1) is 12.8 Å². The zero-order chi connectivity index (χ0) is 23.6. The Morgan fingerprint density at radius 1 is 1.25 bits per heavy atom. The second-order valence-corrected chi connectivity index (χ2v) is 8.93. The fraction of sp³-hybridized carbons (Fsp3) is 0.542. The number of nitrogens with zero attached hydrogens (tertiary/aromatic N) is 3. The number of Topliss-reactive ketones (excluding diaryl/α,β-unsaturated/α-hetero) is 1. The van der Waals surface area contributed by atoms with Gasteiger partial charge in [-0.2, -0.15) is 13.2 Å². The van der Waals surface area contributed by atoms with E-state index in [0.717, 1.165) is 42.8 Å². The highest BCUT2D eigenvalue weighted by molar-refractivity contribution is 5.94. The van der Waals surface area contributed by atoms with Gasteiger partial charge in [-0.1, -0.05) is 12.5 Å². The Morgan fingerprint density at radius 3 is 2.62 bits per heavy atom. The molecule has 1 heterocycles. The van der Waals surface area contributed by atoms with Crippen molar-refractivity contribution in [1.82, 2.24) is 14.5 Å². The molecule has 0 bridgehead atoms. The van der Waals surface area contributed by atoms with Crippen molar-refractivity contribution in [2.24, 2.45) is 5.92 Å². The molecule has 0 spiro atoms. The van der Waals surface area contributed by atoms with Crippen molar-refractivity contribution >= 4 is 11.7 Å². The number of hydrogen-bond donors (Lipinski definition) is 0. The molecule has 1 aliphatic rings. The highest BCUT2D eigenvalue weighted by Crippen LogP contribution is 2.32. The van der Waals surface area contributed by atoms with Crippen molar-refractivity contribution < 1.29 is 22.8 Å². The molecule has 174 valence electrons. The van der Waals surface area contributed by atoms with E-state index in [-0.39, 0.29) is 29.3 Å². The van der Waals surface area contributed by atoms with Gasteiger partial charge in [-0.15, -0.1) is 0 Å². The number of aromatic nitrogens is 2. The third-order valence-corrected chi connectivity index (χ3v) is 6.41. The van der Waals surface area contributed by atoms with Gasteiger partial charge in [0, 0.05) is 42.7 Å². The van der Waals surface area contributed by atoms with Gasteiger partial charge in [0.15, 0.2) is 0 Å². The number of benzene rings is 1. The molecule has 3 rings (SSSR count). The molecule has 2 aromatic rings. The minimum Gasteiger partial charge on any atom is -0.339 e. The summed E-state index contributed by atoms with van der Waals surface area (Å²) in [5.74, 6) is -0.511. The summed E-state index contributed by atoms with van der Waals surface area (Å²) in [7, 11) is 1.61. The van der Waals surface area contributed by atoms with Crippen LogP contribution in [0.1, 0.15) is 72.9 Å². The van der Waals surface area contributed by atoms with Gasteiger partial charge in [-0.05, 0) is 58.2 Å². The first-order valence-electron chi connectivity index (χ1n) is 11.0.